The first-order valence-electron chi connectivity index (χ1n) is 8.86. The molecule has 28 heavy (non-hydrogen) atoms. The number of rotatable bonds is 9. The van der Waals surface area contributed by atoms with E-state index in [0.717, 1.165) is 5.56 Å². The van der Waals surface area contributed by atoms with Gasteiger partial charge in [0.05, 0.1) is 7.11 Å². The van der Waals surface area contributed by atoms with E-state index in [9.17, 15) is 19.5 Å². The van der Waals surface area contributed by atoms with Gasteiger partial charge in [-0.05, 0) is 23.3 Å². The van der Waals surface area contributed by atoms with Crippen LogP contribution in [0.4, 0.5) is 0 Å². The minimum Gasteiger partial charge on any atom is -0.497 e. The molecule has 0 aliphatic rings. The predicted octanol–water partition coefficient (Wildman–Crippen LogP) is 1.55. The fourth-order valence-corrected chi connectivity index (χ4v) is 2.81. The van der Waals surface area contributed by atoms with Crippen LogP contribution in [0.3, 0.4) is 0 Å². The van der Waals surface area contributed by atoms with E-state index in [2.05, 4.69) is 10.6 Å². The molecule has 2 rings (SSSR count). The SMILES string of the molecule is COc1cccc(C[C@H](NC(=O)[C@H](Cc2ccccc2)NC(C)=O)C(=O)O)c1. The van der Waals surface area contributed by atoms with Gasteiger partial charge in [0.1, 0.15) is 17.8 Å². The third-order valence-electron chi connectivity index (χ3n) is 4.17. The largest absolute Gasteiger partial charge is 0.497 e. The van der Waals surface area contributed by atoms with E-state index in [4.69, 9.17) is 4.74 Å². The first kappa shape index (κ1) is 21.0. The molecule has 0 spiro atoms. The van der Waals surface area contributed by atoms with Crippen LogP contribution in [0.25, 0.3) is 0 Å². The number of nitrogens with one attached hydrogen (secondary N) is 2. The maximum absolute atomic E-state index is 12.7. The molecule has 0 fully saturated rings. The number of carboxylic acids is 1. The molecule has 148 valence electrons. The summed E-state index contributed by atoms with van der Waals surface area (Å²) in [5.74, 6) is -1.46. The normalized spacial score (nSPS) is 12.5. The summed E-state index contributed by atoms with van der Waals surface area (Å²) < 4.78 is 5.14. The molecule has 0 unspecified atom stereocenters. The van der Waals surface area contributed by atoms with Crippen molar-refractivity contribution in [2.45, 2.75) is 31.8 Å². The van der Waals surface area contributed by atoms with Crippen LogP contribution < -0.4 is 15.4 Å². The molecule has 0 aliphatic carbocycles. The maximum Gasteiger partial charge on any atom is 0.326 e. The molecule has 0 saturated heterocycles. The highest BCUT2D eigenvalue weighted by Gasteiger charge is 2.26. The Hall–Kier alpha value is -3.35. The van der Waals surface area contributed by atoms with E-state index in [0.29, 0.717) is 11.3 Å². The van der Waals surface area contributed by atoms with Crippen LogP contribution in [0.2, 0.25) is 0 Å². The standard InChI is InChI=1S/C21H24N2O5/c1-14(24)22-18(12-15-7-4-3-5-8-15)20(25)23-19(21(26)27)13-16-9-6-10-17(11-16)28-2/h3-11,18-19H,12-13H2,1-2H3,(H,22,24)(H,23,25)(H,26,27)/t18-,19-/m0/s1. The van der Waals surface area contributed by atoms with Gasteiger partial charge in [0, 0.05) is 19.8 Å². The Labute approximate surface area is 163 Å². The van der Waals surface area contributed by atoms with Gasteiger partial charge in [-0.2, -0.15) is 0 Å². The van der Waals surface area contributed by atoms with Crippen LogP contribution >= 0.6 is 0 Å². The van der Waals surface area contributed by atoms with Crippen molar-refractivity contribution in [3.63, 3.8) is 0 Å². The minimum absolute atomic E-state index is 0.0937. The van der Waals surface area contributed by atoms with Gasteiger partial charge in [-0.3, -0.25) is 9.59 Å². The summed E-state index contributed by atoms with van der Waals surface area (Å²) in [6, 6.07) is 14.2. The molecule has 0 saturated carbocycles. The Morgan fingerprint density at radius 1 is 0.929 bits per heavy atom. The fraction of sp³-hybridized carbons (Fsp3) is 0.286. The van der Waals surface area contributed by atoms with Gasteiger partial charge >= 0.3 is 5.97 Å². The van der Waals surface area contributed by atoms with Gasteiger partial charge in [-0.25, -0.2) is 4.79 Å². The third-order valence-corrected chi connectivity index (χ3v) is 4.17. The Morgan fingerprint density at radius 2 is 1.57 bits per heavy atom. The molecule has 0 radical (unpaired) electrons. The number of carboxylic acid groups (broad SMARTS) is 1. The van der Waals surface area contributed by atoms with Crippen LogP contribution in [-0.4, -0.2) is 42.1 Å². The minimum atomic E-state index is -1.16. The molecule has 3 N–H and O–H groups in total. The van der Waals surface area contributed by atoms with Gasteiger partial charge in [0.25, 0.3) is 0 Å². The van der Waals surface area contributed by atoms with Crippen molar-refractivity contribution in [3.8, 4) is 5.75 Å². The number of hydrogen-bond acceptors (Lipinski definition) is 4. The third kappa shape index (κ3) is 6.42. The second-order valence-electron chi connectivity index (χ2n) is 6.40. The van der Waals surface area contributed by atoms with Crippen LogP contribution in [-0.2, 0) is 27.2 Å². The molecule has 0 heterocycles. The topological polar surface area (TPSA) is 105 Å². The molecule has 7 nitrogen and oxygen atoms in total. The van der Waals surface area contributed by atoms with Crippen molar-refractivity contribution >= 4 is 17.8 Å². The second-order valence-corrected chi connectivity index (χ2v) is 6.40. The quantitative estimate of drug-likeness (QED) is 0.609. The average Bonchev–Trinajstić information content (AvgIpc) is 2.67. The molecular weight excluding hydrogens is 360 g/mol. The lowest BCUT2D eigenvalue weighted by Crippen LogP contribution is -2.52. The molecule has 0 aliphatic heterocycles. The van der Waals surface area contributed by atoms with Crippen LogP contribution in [0.1, 0.15) is 18.1 Å². The molecule has 0 aromatic heterocycles. The Morgan fingerprint density at radius 3 is 2.18 bits per heavy atom. The maximum atomic E-state index is 12.7. The summed E-state index contributed by atoms with van der Waals surface area (Å²) in [7, 11) is 1.52. The Bertz CT molecular complexity index is 823. The highest BCUT2D eigenvalue weighted by Crippen LogP contribution is 2.14. The summed E-state index contributed by atoms with van der Waals surface area (Å²) >= 11 is 0. The number of hydrogen-bond donors (Lipinski definition) is 3. The summed E-state index contributed by atoms with van der Waals surface area (Å²) in [5, 5.41) is 14.7. The number of methoxy groups -OCH3 is 1. The number of aliphatic carboxylic acids is 1. The second kappa shape index (κ2) is 10.1. The smallest absolute Gasteiger partial charge is 0.326 e. The van der Waals surface area contributed by atoms with E-state index >= 15 is 0 Å². The summed E-state index contributed by atoms with van der Waals surface area (Å²) in [4.78, 5) is 35.9. The van der Waals surface area contributed by atoms with E-state index in [1.54, 1.807) is 24.3 Å². The fourth-order valence-electron chi connectivity index (χ4n) is 2.81. The first-order valence-corrected chi connectivity index (χ1v) is 8.86. The summed E-state index contributed by atoms with van der Waals surface area (Å²) in [6.45, 7) is 1.32. The monoisotopic (exact) mass is 384 g/mol. The van der Waals surface area contributed by atoms with E-state index in [1.807, 2.05) is 30.3 Å². The highest BCUT2D eigenvalue weighted by molar-refractivity contribution is 5.90. The molecule has 0 bridgehead atoms. The van der Waals surface area contributed by atoms with Crippen molar-refractivity contribution < 1.29 is 24.2 Å². The van der Waals surface area contributed by atoms with Gasteiger partial charge in [-0.1, -0.05) is 42.5 Å². The van der Waals surface area contributed by atoms with Crippen molar-refractivity contribution in [2.75, 3.05) is 7.11 Å². The Kier molecular flexibility index (Phi) is 7.56. The van der Waals surface area contributed by atoms with Gasteiger partial charge < -0.3 is 20.5 Å². The zero-order chi connectivity index (χ0) is 20.5. The number of amides is 2. The zero-order valence-corrected chi connectivity index (χ0v) is 15.8. The van der Waals surface area contributed by atoms with Crippen molar-refractivity contribution in [1.82, 2.24) is 10.6 Å². The predicted molar refractivity (Wildman–Crippen MR) is 104 cm³/mol. The van der Waals surface area contributed by atoms with Crippen molar-refractivity contribution in [2.24, 2.45) is 0 Å². The van der Waals surface area contributed by atoms with Crippen LogP contribution in [0.15, 0.2) is 54.6 Å². The van der Waals surface area contributed by atoms with Gasteiger partial charge in [0.2, 0.25) is 11.8 Å². The van der Waals surface area contributed by atoms with Gasteiger partial charge in [0.15, 0.2) is 0 Å². The number of benzene rings is 2. The molecular formula is C21H24N2O5. The van der Waals surface area contributed by atoms with Crippen molar-refractivity contribution in [3.05, 3.63) is 65.7 Å². The lowest BCUT2D eigenvalue weighted by Gasteiger charge is -2.21. The lowest BCUT2D eigenvalue weighted by molar-refractivity contribution is -0.142. The van der Waals surface area contributed by atoms with E-state index in [-0.39, 0.29) is 18.7 Å². The average molecular weight is 384 g/mol. The molecule has 7 heteroatoms. The molecule has 2 atom stereocenters. The van der Waals surface area contributed by atoms with Crippen LogP contribution in [0, 0.1) is 0 Å². The summed E-state index contributed by atoms with van der Waals surface area (Å²) in [5.41, 5.74) is 1.57. The first-order chi connectivity index (χ1) is 13.4. The van der Waals surface area contributed by atoms with E-state index < -0.39 is 24.0 Å². The number of carbonyl (C=O) groups excluding carboxylic acids is 2. The molecule has 2 aromatic carbocycles. The van der Waals surface area contributed by atoms with Crippen LogP contribution in [0.5, 0.6) is 5.75 Å². The number of carbonyl (C=O) groups is 3. The van der Waals surface area contributed by atoms with Crippen molar-refractivity contribution in [1.29, 1.82) is 0 Å². The number of ether oxygens (including phenoxy) is 1. The van der Waals surface area contributed by atoms with Gasteiger partial charge in [-0.15, -0.1) is 0 Å². The van der Waals surface area contributed by atoms with E-state index in [1.165, 1.54) is 14.0 Å². The summed E-state index contributed by atoms with van der Waals surface area (Å²) in [6.07, 6.45) is 0.355. The highest BCUT2D eigenvalue weighted by atomic mass is 16.5. The Balaban J connectivity index is 2.12. The lowest BCUT2D eigenvalue weighted by atomic mass is 10.0. The molecule has 2 aromatic rings. The zero-order valence-electron chi connectivity index (χ0n) is 15.8. The molecule has 2 amide bonds.